The molecule has 3 aromatic carbocycles. The quantitative estimate of drug-likeness (QED) is 0.317. The van der Waals surface area contributed by atoms with Crippen molar-refractivity contribution in [3.63, 3.8) is 0 Å². The molecule has 0 bridgehead atoms. The van der Waals surface area contributed by atoms with Gasteiger partial charge in [0, 0.05) is 27.0 Å². The third-order valence-corrected chi connectivity index (χ3v) is 6.82. The van der Waals surface area contributed by atoms with E-state index in [4.69, 9.17) is 26.2 Å². The summed E-state index contributed by atoms with van der Waals surface area (Å²) in [5.41, 5.74) is 4.21. The molecule has 7 heteroatoms. The van der Waals surface area contributed by atoms with E-state index in [0.717, 1.165) is 49.3 Å². The van der Waals surface area contributed by atoms with Crippen molar-refractivity contribution < 1.29 is 9.47 Å². The molecule has 164 valence electrons. The molecule has 3 aromatic rings. The third kappa shape index (κ3) is 4.16. The first-order chi connectivity index (χ1) is 15.4. The fourth-order valence-electron chi connectivity index (χ4n) is 4.13. The SMILES string of the molecule is CC(C)Oc1ccc([C@@H]2Oc3c(Br)cc(Br)cc3[C@@H]3CC(c4ccc(Cl)cc4)=NN32)cc1. The van der Waals surface area contributed by atoms with Crippen LogP contribution in [-0.4, -0.2) is 16.8 Å². The van der Waals surface area contributed by atoms with Crippen LogP contribution in [0.25, 0.3) is 0 Å². The molecular formula is C25H21Br2ClN2O2. The smallest absolute Gasteiger partial charge is 0.213 e. The lowest BCUT2D eigenvalue weighted by Crippen LogP contribution is -2.33. The number of benzene rings is 3. The summed E-state index contributed by atoms with van der Waals surface area (Å²) >= 11 is 13.4. The van der Waals surface area contributed by atoms with Gasteiger partial charge >= 0.3 is 0 Å². The van der Waals surface area contributed by atoms with Crippen LogP contribution in [-0.2, 0) is 0 Å². The van der Waals surface area contributed by atoms with Crippen molar-refractivity contribution >= 4 is 49.2 Å². The normalized spacial score (nSPS) is 19.3. The van der Waals surface area contributed by atoms with Crippen molar-refractivity contribution in [2.75, 3.05) is 0 Å². The lowest BCUT2D eigenvalue weighted by molar-refractivity contribution is -0.0197. The van der Waals surface area contributed by atoms with Crippen LogP contribution in [0.3, 0.4) is 0 Å². The highest BCUT2D eigenvalue weighted by atomic mass is 79.9. The summed E-state index contributed by atoms with van der Waals surface area (Å²) in [5.74, 6) is 1.70. The number of hydrazone groups is 1. The predicted molar refractivity (Wildman–Crippen MR) is 135 cm³/mol. The number of hydrogen-bond acceptors (Lipinski definition) is 4. The van der Waals surface area contributed by atoms with E-state index in [0.29, 0.717) is 5.02 Å². The number of nitrogens with zero attached hydrogens (tertiary/aromatic N) is 2. The molecule has 2 aliphatic rings. The van der Waals surface area contributed by atoms with Gasteiger partial charge < -0.3 is 9.47 Å². The van der Waals surface area contributed by atoms with E-state index in [2.05, 4.69) is 42.9 Å². The van der Waals surface area contributed by atoms with E-state index in [9.17, 15) is 0 Å². The highest BCUT2D eigenvalue weighted by Crippen LogP contribution is 2.51. The van der Waals surface area contributed by atoms with Crippen LogP contribution in [0.15, 0.2) is 74.7 Å². The molecule has 2 aliphatic heterocycles. The Morgan fingerprint density at radius 2 is 1.78 bits per heavy atom. The standard InChI is InChI=1S/C25H21Br2ClN2O2/c1-14(2)31-19-9-5-16(6-10-19)25-30-23(20-11-17(26)12-21(27)24(20)32-25)13-22(29-30)15-3-7-18(28)8-4-15/h3-12,14,23,25H,13H2,1-2H3/t23-,25-/m0/s1. The fourth-order valence-corrected chi connectivity index (χ4v) is 5.61. The average Bonchev–Trinajstić information content (AvgIpc) is 3.20. The molecule has 2 heterocycles. The summed E-state index contributed by atoms with van der Waals surface area (Å²) < 4.78 is 14.3. The van der Waals surface area contributed by atoms with Gasteiger partial charge in [0.05, 0.1) is 22.3 Å². The third-order valence-electron chi connectivity index (χ3n) is 5.52. The van der Waals surface area contributed by atoms with Gasteiger partial charge in [0.2, 0.25) is 6.23 Å². The molecule has 0 spiro atoms. The highest BCUT2D eigenvalue weighted by Gasteiger charge is 2.42. The summed E-state index contributed by atoms with van der Waals surface area (Å²) in [7, 11) is 0. The molecule has 2 atom stereocenters. The number of rotatable bonds is 4. The minimum atomic E-state index is -0.345. The molecule has 0 saturated carbocycles. The molecule has 0 aromatic heterocycles. The van der Waals surface area contributed by atoms with E-state index >= 15 is 0 Å². The average molecular weight is 577 g/mol. The van der Waals surface area contributed by atoms with Crippen LogP contribution < -0.4 is 9.47 Å². The van der Waals surface area contributed by atoms with E-state index in [1.54, 1.807) is 0 Å². The zero-order valence-corrected chi connectivity index (χ0v) is 21.5. The lowest BCUT2D eigenvalue weighted by Gasteiger charge is -2.38. The first-order valence-corrected chi connectivity index (χ1v) is 12.4. The summed E-state index contributed by atoms with van der Waals surface area (Å²) in [6.45, 7) is 4.04. The second-order valence-corrected chi connectivity index (χ2v) is 10.4. The largest absolute Gasteiger partial charge is 0.491 e. The summed E-state index contributed by atoms with van der Waals surface area (Å²) in [5, 5.41) is 7.81. The molecule has 0 amide bonds. The maximum atomic E-state index is 6.53. The topological polar surface area (TPSA) is 34.1 Å². The van der Waals surface area contributed by atoms with Crippen molar-refractivity contribution in [3.8, 4) is 11.5 Å². The molecular weight excluding hydrogens is 556 g/mol. The van der Waals surface area contributed by atoms with Crippen LogP contribution in [0.1, 0.15) is 49.2 Å². The highest BCUT2D eigenvalue weighted by molar-refractivity contribution is 9.11. The van der Waals surface area contributed by atoms with Gasteiger partial charge in [0.1, 0.15) is 11.5 Å². The molecule has 0 aliphatic carbocycles. The Bertz CT molecular complexity index is 1180. The van der Waals surface area contributed by atoms with E-state index in [-0.39, 0.29) is 18.4 Å². The van der Waals surface area contributed by atoms with E-state index in [1.165, 1.54) is 0 Å². The number of halogens is 3. The Hall–Kier alpha value is -2.02. The van der Waals surface area contributed by atoms with Crippen LogP contribution in [0.4, 0.5) is 0 Å². The van der Waals surface area contributed by atoms with Gasteiger partial charge in [-0.3, -0.25) is 0 Å². The van der Waals surface area contributed by atoms with Crippen molar-refractivity contribution in [1.29, 1.82) is 0 Å². The summed E-state index contributed by atoms with van der Waals surface area (Å²) in [6, 6.07) is 20.1. The zero-order valence-electron chi connectivity index (χ0n) is 17.6. The van der Waals surface area contributed by atoms with Gasteiger partial charge in [-0.15, -0.1) is 0 Å². The van der Waals surface area contributed by atoms with Crippen molar-refractivity contribution in [1.82, 2.24) is 5.01 Å². The summed E-state index contributed by atoms with van der Waals surface area (Å²) in [6.07, 6.45) is 0.566. The van der Waals surface area contributed by atoms with Crippen LogP contribution in [0, 0.1) is 0 Å². The molecule has 32 heavy (non-hydrogen) atoms. The lowest BCUT2D eigenvalue weighted by atomic mass is 9.96. The van der Waals surface area contributed by atoms with Crippen molar-refractivity contribution in [3.05, 3.63) is 91.3 Å². The van der Waals surface area contributed by atoms with Gasteiger partial charge in [-0.1, -0.05) is 39.7 Å². The first kappa shape index (κ1) is 21.8. The fraction of sp³-hybridized carbons (Fsp3) is 0.240. The van der Waals surface area contributed by atoms with Gasteiger partial charge in [-0.05, 0) is 83.9 Å². The van der Waals surface area contributed by atoms with E-state index in [1.807, 2.05) is 68.4 Å². The summed E-state index contributed by atoms with van der Waals surface area (Å²) in [4.78, 5) is 0. The Balaban J connectivity index is 1.56. The second kappa shape index (κ2) is 8.73. The molecule has 5 rings (SSSR count). The molecule has 0 N–H and O–H groups in total. The van der Waals surface area contributed by atoms with Crippen LogP contribution in [0.5, 0.6) is 11.5 Å². The Morgan fingerprint density at radius 3 is 2.47 bits per heavy atom. The molecule has 4 nitrogen and oxygen atoms in total. The van der Waals surface area contributed by atoms with Crippen molar-refractivity contribution in [2.45, 2.75) is 38.6 Å². The number of hydrogen-bond donors (Lipinski definition) is 0. The van der Waals surface area contributed by atoms with E-state index < -0.39 is 0 Å². The number of ether oxygens (including phenoxy) is 2. The second-order valence-electron chi connectivity index (χ2n) is 8.17. The molecule has 0 unspecified atom stereocenters. The number of fused-ring (bicyclic) bond motifs is 3. The minimum absolute atomic E-state index is 0.0646. The molecule has 0 fully saturated rings. The Labute approximate surface area is 209 Å². The monoisotopic (exact) mass is 574 g/mol. The van der Waals surface area contributed by atoms with Crippen LogP contribution in [0.2, 0.25) is 5.02 Å². The molecule has 0 saturated heterocycles. The first-order valence-electron chi connectivity index (χ1n) is 10.4. The van der Waals surface area contributed by atoms with Gasteiger partial charge in [-0.2, -0.15) is 5.10 Å². The van der Waals surface area contributed by atoms with Crippen molar-refractivity contribution in [2.24, 2.45) is 5.10 Å². The maximum absolute atomic E-state index is 6.53. The maximum Gasteiger partial charge on any atom is 0.213 e. The molecule has 0 radical (unpaired) electrons. The zero-order chi connectivity index (χ0) is 22.4. The van der Waals surface area contributed by atoms with Gasteiger partial charge in [0.25, 0.3) is 0 Å². The predicted octanol–water partition coefficient (Wildman–Crippen LogP) is 7.89. The Kier molecular flexibility index (Phi) is 5.95. The van der Waals surface area contributed by atoms with Crippen LogP contribution >= 0.6 is 43.5 Å². The van der Waals surface area contributed by atoms with Gasteiger partial charge in [-0.25, -0.2) is 5.01 Å². The van der Waals surface area contributed by atoms with Gasteiger partial charge in [0.15, 0.2) is 0 Å². The minimum Gasteiger partial charge on any atom is -0.491 e. The Morgan fingerprint density at radius 1 is 1.06 bits per heavy atom.